The average molecular weight is 582 g/mol. The van der Waals surface area contributed by atoms with Gasteiger partial charge in [0.1, 0.15) is 22.6 Å². The highest BCUT2D eigenvalue weighted by molar-refractivity contribution is 6.33. The van der Waals surface area contributed by atoms with Gasteiger partial charge in [0.15, 0.2) is 5.15 Å². The van der Waals surface area contributed by atoms with E-state index < -0.39 is 23.5 Å². The minimum atomic E-state index is -1.07. The van der Waals surface area contributed by atoms with Crippen LogP contribution < -0.4 is 10.6 Å². The normalized spacial score (nSPS) is 16.4. The number of carboxylic acids is 1. The Morgan fingerprint density at radius 1 is 1.26 bits per heavy atom. The number of nitrogens with zero attached hydrogens (tertiary/aromatic N) is 4. The van der Waals surface area contributed by atoms with E-state index >= 15 is 0 Å². The third-order valence-corrected chi connectivity index (χ3v) is 7.84. The summed E-state index contributed by atoms with van der Waals surface area (Å²) in [6, 6.07) is 4.75. The molecule has 1 aliphatic carbocycles. The van der Waals surface area contributed by atoms with Crippen molar-refractivity contribution in [1.82, 2.24) is 25.0 Å². The lowest BCUT2D eigenvalue weighted by Gasteiger charge is -2.25. The number of anilines is 1. The summed E-state index contributed by atoms with van der Waals surface area (Å²) in [4.78, 5) is 32.1. The number of carboxylic acid groups (broad SMARTS) is 1. The van der Waals surface area contributed by atoms with Crippen LogP contribution in [0, 0.1) is 0 Å². The van der Waals surface area contributed by atoms with Crippen LogP contribution in [0.4, 0.5) is 5.82 Å². The van der Waals surface area contributed by atoms with E-state index in [2.05, 4.69) is 32.8 Å². The fourth-order valence-corrected chi connectivity index (χ4v) is 5.51. The summed E-state index contributed by atoms with van der Waals surface area (Å²) in [7, 11) is 0. The molecule has 0 saturated heterocycles. The van der Waals surface area contributed by atoms with Crippen LogP contribution in [0.25, 0.3) is 0 Å². The Labute approximate surface area is 239 Å². The molecule has 39 heavy (non-hydrogen) atoms. The minimum Gasteiger partial charge on any atom is -0.480 e. The standard InChI is InChI=1S/C27H38Cl2N6O4/c1-2-39-17-16-34(14-4-3-7-20-9-8-19-6-5-13-30-24(19)31-20)15-10-21(25(36)37)32-26(38)27(11-12-27)35-23(29)18-22(28)33-35/h8-9,18,21H,2-7,10-17H2,1H3,(H,30,31)(H,32,38)(H,36,37). The van der Waals surface area contributed by atoms with Gasteiger partial charge in [0, 0.05) is 38.0 Å². The van der Waals surface area contributed by atoms with Crippen LogP contribution in [0.5, 0.6) is 0 Å². The van der Waals surface area contributed by atoms with Gasteiger partial charge in [0.25, 0.3) is 0 Å². The number of carbonyl (C=O) groups is 2. The molecule has 3 N–H and O–H groups in total. The predicted octanol–water partition coefficient (Wildman–Crippen LogP) is 3.75. The summed E-state index contributed by atoms with van der Waals surface area (Å²) in [5.74, 6) is -0.449. The van der Waals surface area contributed by atoms with Gasteiger partial charge in [-0.2, -0.15) is 5.10 Å². The molecule has 1 atom stereocenters. The van der Waals surface area contributed by atoms with E-state index in [1.54, 1.807) is 0 Å². The van der Waals surface area contributed by atoms with Gasteiger partial charge in [0.05, 0.1) is 6.61 Å². The maximum atomic E-state index is 13.1. The molecular weight excluding hydrogens is 543 g/mol. The monoisotopic (exact) mass is 580 g/mol. The number of hydrogen-bond acceptors (Lipinski definition) is 7. The molecule has 2 aromatic rings. The van der Waals surface area contributed by atoms with Gasteiger partial charge in [-0.1, -0.05) is 29.3 Å². The first-order valence-corrected chi connectivity index (χ1v) is 14.6. The third-order valence-electron chi connectivity index (χ3n) is 7.39. The molecule has 214 valence electrons. The van der Waals surface area contributed by atoms with Gasteiger partial charge in [-0.15, -0.1) is 0 Å². The second kappa shape index (κ2) is 13.8. The molecule has 1 saturated carbocycles. The number of halogens is 2. The van der Waals surface area contributed by atoms with Crippen LogP contribution >= 0.6 is 23.2 Å². The van der Waals surface area contributed by atoms with E-state index in [0.717, 1.165) is 56.7 Å². The van der Waals surface area contributed by atoms with E-state index in [4.69, 9.17) is 32.9 Å². The summed E-state index contributed by atoms with van der Waals surface area (Å²) in [6.07, 6.45) is 6.37. The van der Waals surface area contributed by atoms with Crippen molar-refractivity contribution in [2.24, 2.45) is 0 Å². The molecule has 3 heterocycles. The van der Waals surface area contributed by atoms with Gasteiger partial charge in [-0.3, -0.25) is 4.79 Å². The van der Waals surface area contributed by atoms with E-state index in [-0.39, 0.29) is 16.7 Å². The Balaban J connectivity index is 1.28. The average Bonchev–Trinajstić information content (AvgIpc) is 3.66. The van der Waals surface area contributed by atoms with E-state index in [0.29, 0.717) is 39.1 Å². The van der Waals surface area contributed by atoms with Crippen molar-refractivity contribution in [3.05, 3.63) is 39.8 Å². The van der Waals surface area contributed by atoms with Gasteiger partial charge in [-0.25, -0.2) is 14.5 Å². The van der Waals surface area contributed by atoms with Gasteiger partial charge in [0.2, 0.25) is 5.91 Å². The van der Waals surface area contributed by atoms with Crippen molar-refractivity contribution in [3.8, 4) is 0 Å². The molecular formula is C27H38Cl2N6O4. The van der Waals surface area contributed by atoms with Gasteiger partial charge < -0.3 is 25.4 Å². The number of fused-ring (bicyclic) bond motifs is 1. The number of amides is 1. The topological polar surface area (TPSA) is 122 Å². The fourth-order valence-electron chi connectivity index (χ4n) is 4.97. The highest BCUT2D eigenvalue weighted by atomic mass is 35.5. The van der Waals surface area contributed by atoms with Crippen LogP contribution in [0.1, 0.15) is 56.7 Å². The third kappa shape index (κ3) is 7.84. The van der Waals surface area contributed by atoms with E-state index in [9.17, 15) is 14.7 Å². The molecule has 12 heteroatoms. The first-order chi connectivity index (χ1) is 18.8. The number of aliphatic carboxylic acids is 1. The smallest absolute Gasteiger partial charge is 0.326 e. The molecule has 1 fully saturated rings. The Bertz CT molecular complexity index is 1140. The van der Waals surface area contributed by atoms with E-state index in [1.807, 2.05) is 6.92 Å². The van der Waals surface area contributed by atoms with Gasteiger partial charge in [-0.05, 0) is 76.5 Å². The Morgan fingerprint density at radius 2 is 2.08 bits per heavy atom. The van der Waals surface area contributed by atoms with Crippen molar-refractivity contribution in [3.63, 3.8) is 0 Å². The lowest BCUT2D eigenvalue weighted by Crippen LogP contribution is -2.49. The SMILES string of the molecule is CCOCCN(CCCCc1ccc2c(n1)NCCC2)CCC(NC(=O)C1(n2nc(Cl)cc2Cl)CC1)C(=O)O. The van der Waals surface area contributed by atoms with Crippen LogP contribution in [0.2, 0.25) is 10.3 Å². The number of aryl methyl sites for hydroxylation is 2. The number of hydrogen-bond donors (Lipinski definition) is 3. The summed E-state index contributed by atoms with van der Waals surface area (Å²) >= 11 is 12.1. The number of pyridine rings is 1. The number of aromatic nitrogens is 3. The Kier molecular flexibility index (Phi) is 10.5. The summed E-state index contributed by atoms with van der Waals surface area (Å²) in [5, 5.41) is 20.5. The number of nitrogens with one attached hydrogen (secondary N) is 2. The maximum absolute atomic E-state index is 13.1. The van der Waals surface area contributed by atoms with Crippen molar-refractivity contribution < 1.29 is 19.4 Å². The molecule has 0 radical (unpaired) electrons. The molecule has 1 aliphatic heterocycles. The van der Waals surface area contributed by atoms with Crippen LogP contribution in [-0.4, -0.2) is 82.1 Å². The summed E-state index contributed by atoms with van der Waals surface area (Å²) in [5.41, 5.74) is 1.40. The van der Waals surface area contributed by atoms with Crippen molar-refractivity contribution >= 4 is 40.9 Å². The lowest BCUT2D eigenvalue weighted by molar-refractivity contribution is -0.143. The molecule has 1 unspecified atom stereocenters. The Hall–Kier alpha value is -2.40. The second-order valence-electron chi connectivity index (χ2n) is 10.2. The largest absolute Gasteiger partial charge is 0.480 e. The second-order valence-corrected chi connectivity index (χ2v) is 11.0. The molecule has 0 bridgehead atoms. The summed E-state index contributed by atoms with van der Waals surface area (Å²) < 4.78 is 6.94. The van der Waals surface area contributed by atoms with Crippen LogP contribution in [0.15, 0.2) is 18.2 Å². The maximum Gasteiger partial charge on any atom is 0.326 e. The molecule has 2 aromatic heterocycles. The van der Waals surface area contributed by atoms with Crippen molar-refractivity contribution in [1.29, 1.82) is 0 Å². The molecule has 0 aromatic carbocycles. The first kappa shape index (κ1) is 29.6. The molecule has 4 rings (SSSR count). The number of carbonyl (C=O) groups excluding carboxylic acids is 1. The molecule has 1 amide bonds. The molecule has 2 aliphatic rings. The summed E-state index contributed by atoms with van der Waals surface area (Å²) in [6.45, 7) is 6.15. The zero-order valence-electron chi connectivity index (χ0n) is 22.4. The number of ether oxygens (including phenoxy) is 1. The fraction of sp³-hybridized carbons (Fsp3) is 0.630. The minimum absolute atomic E-state index is 0.192. The van der Waals surface area contributed by atoms with Crippen LogP contribution in [0.3, 0.4) is 0 Å². The van der Waals surface area contributed by atoms with Gasteiger partial charge >= 0.3 is 5.97 Å². The van der Waals surface area contributed by atoms with Crippen molar-refractivity contribution in [2.75, 3.05) is 44.7 Å². The van der Waals surface area contributed by atoms with Crippen LogP contribution in [-0.2, 0) is 32.7 Å². The highest BCUT2D eigenvalue weighted by Gasteiger charge is 2.54. The highest BCUT2D eigenvalue weighted by Crippen LogP contribution is 2.45. The van der Waals surface area contributed by atoms with Crippen molar-refractivity contribution in [2.45, 2.75) is 69.9 Å². The zero-order valence-corrected chi connectivity index (χ0v) is 23.9. The molecule has 10 nitrogen and oxygen atoms in total. The zero-order chi connectivity index (χ0) is 27.8. The molecule has 0 spiro atoms. The predicted molar refractivity (Wildman–Crippen MR) is 151 cm³/mol. The lowest BCUT2D eigenvalue weighted by atomic mass is 10.1. The quantitative estimate of drug-likeness (QED) is 0.257. The Morgan fingerprint density at radius 3 is 2.77 bits per heavy atom. The van der Waals surface area contributed by atoms with E-state index in [1.165, 1.54) is 16.3 Å². The number of unbranched alkanes of at least 4 members (excludes halogenated alkanes) is 1. The first-order valence-electron chi connectivity index (χ1n) is 13.8. The number of rotatable bonds is 16.